The minimum atomic E-state index is -0.266. The molecule has 0 atom stereocenters. The van der Waals surface area contributed by atoms with Crippen LogP contribution in [0.1, 0.15) is 36.1 Å². The summed E-state index contributed by atoms with van der Waals surface area (Å²) in [6.45, 7) is 4.61. The topological polar surface area (TPSA) is 67.3 Å². The number of fused-ring (bicyclic) bond motifs is 17. The van der Waals surface area contributed by atoms with Gasteiger partial charge in [0.2, 0.25) is 0 Å². The van der Waals surface area contributed by atoms with E-state index >= 15 is 0 Å². The van der Waals surface area contributed by atoms with Gasteiger partial charge in [-0.2, -0.15) is 10.5 Å². The first-order valence-electron chi connectivity index (χ1n) is 25.5. The van der Waals surface area contributed by atoms with Crippen molar-refractivity contribution in [3.63, 3.8) is 0 Å². The number of nitriles is 2. The van der Waals surface area contributed by atoms with E-state index in [9.17, 15) is 10.5 Å². The van der Waals surface area contributed by atoms with Gasteiger partial charge in [-0.1, -0.05) is 141 Å². The van der Waals surface area contributed by atoms with E-state index in [0.717, 1.165) is 87.8 Å². The normalized spacial score (nSPS) is 13.0. The molecule has 11 aromatic carbocycles. The minimum absolute atomic E-state index is 0.266. The first-order valence-corrected chi connectivity index (χ1v) is 25.5. The number of para-hydroxylation sites is 4. The van der Waals surface area contributed by atoms with Crippen molar-refractivity contribution >= 4 is 98.0 Å². The van der Waals surface area contributed by atoms with Crippen LogP contribution < -0.4 is 0 Å². The van der Waals surface area contributed by atoms with E-state index in [1.54, 1.807) is 0 Å². The van der Waals surface area contributed by atoms with E-state index in [4.69, 9.17) is 0 Å². The Hall–Kier alpha value is -10.1. The van der Waals surface area contributed by atoms with Crippen molar-refractivity contribution in [2.45, 2.75) is 19.3 Å². The number of rotatable bonds is 4. The van der Waals surface area contributed by atoms with Crippen molar-refractivity contribution in [2.24, 2.45) is 0 Å². The van der Waals surface area contributed by atoms with Gasteiger partial charge >= 0.3 is 0 Å². The molecule has 4 aromatic heterocycles. The molecule has 0 fully saturated rings. The monoisotopic (exact) mass is 954 g/mol. The summed E-state index contributed by atoms with van der Waals surface area (Å²) in [5, 5.41) is 34.3. The summed E-state index contributed by atoms with van der Waals surface area (Å²) in [5.41, 5.74) is 17.5. The molecule has 0 saturated heterocycles. The largest absolute Gasteiger partial charge is 0.309 e. The summed E-state index contributed by atoms with van der Waals surface area (Å²) in [7, 11) is 0. The molecular formula is C69H42N6. The minimum Gasteiger partial charge on any atom is -0.309 e. The molecule has 0 radical (unpaired) electrons. The van der Waals surface area contributed by atoms with E-state index in [0.29, 0.717) is 22.5 Å². The van der Waals surface area contributed by atoms with Gasteiger partial charge in [-0.25, -0.2) is 0 Å². The third-order valence-electron chi connectivity index (χ3n) is 16.6. The number of benzene rings is 11. The van der Waals surface area contributed by atoms with Crippen molar-refractivity contribution < 1.29 is 0 Å². The Labute approximate surface area is 430 Å². The van der Waals surface area contributed by atoms with Crippen LogP contribution in [0.4, 0.5) is 0 Å². The molecule has 6 heteroatoms. The first-order chi connectivity index (χ1) is 36.9. The van der Waals surface area contributed by atoms with Crippen LogP contribution in [0, 0.1) is 22.7 Å². The molecule has 348 valence electrons. The van der Waals surface area contributed by atoms with E-state index in [1.807, 2.05) is 12.1 Å². The molecule has 0 bridgehead atoms. The van der Waals surface area contributed by atoms with Gasteiger partial charge in [0.15, 0.2) is 0 Å². The average molecular weight is 955 g/mol. The van der Waals surface area contributed by atoms with Gasteiger partial charge in [0, 0.05) is 59.9 Å². The molecule has 4 heterocycles. The highest BCUT2D eigenvalue weighted by atomic mass is 15.0. The zero-order valence-corrected chi connectivity index (χ0v) is 41.0. The quantitative estimate of drug-likeness (QED) is 0.176. The third-order valence-corrected chi connectivity index (χ3v) is 16.6. The maximum atomic E-state index is 11.5. The number of hydrogen-bond acceptors (Lipinski definition) is 2. The van der Waals surface area contributed by atoms with E-state index in [-0.39, 0.29) is 5.41 Å². The summed E-state index contributed by atoms with van der Waals surface area (Å²) in [6, 6.07) is 83.3. The summed E-state index contributed by atoms with van der Waals surface area (Å²) >= 11 is 0. The smallest absolute Gasteiger partial charge is 0.101 e. The maximum absolute atomic E-state index is 11.5. The first kappa shape index (κ1) is 41.5. The lowest BCUT2D eigenvalue weighted by Crippen LogP contribution is -2.15. The van der Waals surface area contributed by atoms with Crippen molar-refractivity contribution in [3.8, 4) is 46.0 Å². The highest BCUT2D eigenvalue weighted by Gasteiger charge is 2.36. The predicted octanol–water partition coefficient (Wildman–Crippen LogP) is 17.3. The molecule has 75 heavy (non-hydrogen) atoms. The van der Waals surface area contributed by atoms with E-state index in [2.05, 4.69) is 251 Å². The van der Waals surface area contributed by atoms with Crippen molar-refractivity contribution in [1.29, 1.82) is 10.5 Å². The van der Waals surface area contributed by atoms with Gasteiger partial charge in [0.05, 0.1) is 66.6 Å². The van der Waals surface area contributed by atoms with Crippen LogP contribution >= 0.6 is 0 Å². The molecule has 0 aliphatic heterocycles. The molecule has 6 nitrogen and oxygen atoms in total. The Bertz CT molecular complexity index is 5030. The van der Waals surface area contributed by atoms with Gasteiger partial charge in [-0.15, -0.1) is 0 Å². The van der Waals surface area contributed by atoms with Crippen LogP contribution in [0.3, 0.4) is 0 Å². The van der Waals surface area contributed by atoms with Gasteiger partial charge in [0.25, 0.3) is 0 Å². The Morgan fingerprint density at radius 3 is 1.33 bits per heavy atom. The average Bonchev–Trinajstić information content (AvgIpc) is 4.23. The number of hydrogen-bond donors (Lipinski definition) is 0. The van der Waals surface area contributed by atoms with Crippen molar-refractivity contribution in [1.82, 2.24) is 18.3 Å². The fourth-order valence-corrected chi connectivity index (χ4v) is 13.3. The van der Waals surface area contributed by atoms with E-state index in [1.165, 1.54) is 43.8 Å². The molecule has 16 rings (SSSR count). The molecule has 0 saturated carbocycles. The lowest BCUT2D eigenvalue weighted by molar-refractivity contribution is 0.661. The molecule has 0 N–H and O–H groups in total. The van der Waals surface area contributed by atoms with Gasteiger partial charge in [-0.3, -0.25) is 0 Å². The summed E-state index contributed by atoms with van der Waals surface area (Å²) in [5.74, 6) is 0. The second-order valence-corrected chi connectivity index (χ2v) is 20.7. The zero-order valence-electron chi connectivity index (χ0n) is 41.0. The Kier molecular flexibility index (Phi) is 8.27. The molecule has 0 amide bonds. The summed E-state index contributed by atoms with van der Waals surface area (Å²) < 4.78 is 9.16. The van der Waals surface area contributed by atoms with Gasteiger partial charge in [0.1, 0.15) is 12.1 Å². The molecular weight excluding hydrogens is 913 g/mol. The SMILES string of the molecule is CC1(C)c2ccccc2-c2cc3c4cc(-n5c6ccccc6c6ccccc65)ccc4n(-c4cc(C#N)c(-n5c6ccc(-n7c8ccccc8c8ccccc87)cc6c6c7ccccc7ccc65)cc4C#N)c3cc21. The van der Waals surface area contributed by atoms with Crippen molar-refractivity contribution in [3.05, 3.63) is 241 Å². The number of aromatic nitrogens is 4. The summed E-state index contributed by atoms with van der Waals surface area (Å²) in [4.78, 5) is 0. The maximum Gasteiger partial charge on any atom is 0.101 e. The Morgan fingerprint density at radius 2 is 0.760 bits per heavy atom. The molecule has 0 spiro atoms. The molecule has 1 aliphatic carbocycles. The third kappa shape index (κ3) is 5.50. The zero-order chi connectivity index (χ0) is 49.8. The second-order valence-electron chi connectivity index (χ2n) is 20.7. The summed E-state index contributed by atoms with van der Waals surface area (Å²) in [6.07, 6.45) is 0. The van der Waals surface area contributed by atoms with Crippen LogP contribution in [0.25, 0.3) is 132 Å². The number of nitrogens with zero attached hydrogens (tertiary/aromatic N) is 6. The van der Waals surface area contributed by atoms with Gasteiger partial charge < -0.3 is 18.3 Å². The lowest BCUT2D eigenvalue weighted by Gasteiger charge is -2.22. The predicted molar refractivity (Wildman–Crippen MR) is 308 cm³/mol. The molecule has 15 aromatic rings. The van der Waals surface area contributed by atoms with Crippen LogP contribution in [0.5, 0.6) is 0 Å². The molecule has 0 unspecified atom stereocenters. The lowest BCUT2D eigenvalue weighted by atomic mass is 9.82. The standard InChI is InChI=1S/C69H42N6/c1-69(2)56-22-10-5-17-47(56)52-37-54-53-35-44(72-58-23-11-6-18-48(58)49-19-7-12-24-59(49)72)28-31-62(53)75(67(54)38-57(52)69)66-34-42(39-70)65(33-43(66)40-71)74-63-32-29-45(36-55(63)68-46-16-4-3-15-41(46)27-30-64(68)74)73-60-25-13-8-20-50(60)51-21-9-14-26-61(51)73/h3-38H,1-2H3. The molecule has 1 aliphatic rings. The fraction of sp³-hybridized carbons (Fsp3) is 0.0435. The van der Waals surface area contributed by atoms with E-state index < -0.39 is 0 Å². The Morgan fingerprint density at radius 1 is 0.320 bits per heavy atom. The highest BCUT2D eigenvalue weighted by Crippen LogP contribution is 2.52. The van der Waals surface area contributed by atoms with Crippen LogP contribution in [-0.4, -0.2) is 18.3 Å². The van der Waals surface area contributed by atoms with Crippen LogP contribution in [0.2, 0.25) is 0 Å². The highest BCUT2D eigenvalue weighted by molar-refractivity contribution is 6.22. The van der Waals surface area contributed by atoms with Crippen LogP contribution in [-0.2, 0) is 5.41 Å². The van der Waals surface area contributed by atoms with Crippen molar-refractivity contribution in [2.75, 3.05) is 0 Å². The Balaban J connectivity index is 0.963. The second kappa shape index (κ2) is 15.0. The van der Waals surface area contributed by atoms with Gasteiger partial charge in [-0.05, 0) is 124 Å². The fourth-order valence-electron chi connectivity index (χ4n) is 13.3. The van der Waals surface area contributed by atoms with Crippen LogP contribution in [0.15, 0.2) is 218 Å².